The van der Waals surface area contributed by atoms with Crippen LogP contribution in [0.15, 0.2) is 24.5 Å². The van der Waals surface area contributed by atoms with Gasteiger partial charge in [-0.15, -0.1) is 0 Å². The average Bonchev–Trinajstić information content (AvgIpc) is 3.12. The van der Waals surface area contributed by atoms with Crippen molar-refractivity contribution in [2.75, 3.05) is 6.54 Å². The highest BCUT2D eigenvalue weighted by atomic mass is 16.3. The molecule has 2 aromatic heterocycles. The molecule has 1 fully saturated rings. The van der Waals surface area contributed by atoms with E-state index in [0.29, 0.717) is 36.0 Å². The van der Waals surface area contributed by atoms with Gasteiger partial charge in [-0.05, 0) is 25.0 Å². The van der Waals surface area contributed by atoms with E-state index in [1.54, 1.807) is 24.5 Å². The first-order valence-electron chi connectivity index (χ1n) is 6.79. The van der Waals surface area contributed by atoms with E-state index in [0.717, 1.165) is 0 Å². The van der Waals surface area contributed by atoms with Crippen LogP contribution in [-0.2, 0) is 9.59 Å². The molecule has 7 heteroatoms. The van der Waals surface area contributed by atoms with E-state index in [2.05, 4.69) is 9.97 Å². The van der Waals surface area contributed by atoms with Crippen LogP contribution in [0.5, 0.6) is 0 Å². The number of amides is 2. The van der Waals surface area contributed by atoms with Crippen molar-refractivity contribution in [2.24, 2.45) is 5.73 Å². The number of primary amides is 1. The number of hydrogen-bond acceptors (Lipinski definition) is 4. The second-order valence-electron chi connectivity index (χ2n) is 5.14. The first-order chi connectivity index (χ1) is 10.1. The smallest absolute Gasteiger partial charge is 0.256 e. The highest BCUT2D eigenvalue weighted by molar-refractivity contribution is 5.92. The zero-order chi connectivity index (χ0) is 15.0. The summed E-state index contributed by atoms with van der Waals surface area (Å²) in [7, 11) is 0. The van der Waals surface area contributed by atoms with E-state index in [-0.39, 0.29) is 0 Å². The van der Waals surface area contributed by atoms with E-state index in [4.69, 9.17) is 5.73 Å². The van der Waals surface area contributed by atoms with Crippen LogP contribution in [0.25, 0.3) is 11.0 Å². The van der Waals surface area contributed by atoms with Gasteiger partial charge in [0.15, 0.2) is 6.10 Å². The van der Waals surface area contributed by atoms with Gasteiger partial charge in [0, 0.05) is 29.9 Å². The molecule has 2 unspecified atom stereocenters. The molecule has 21 heavy (non-hydrogen) atoms. The molecule has 7 nitrogen and oxygen atoms in total. The monoisotopic (exact) mass is 288 g/mol. The Morgan fingerprint density at radius 3 is 3.10 bits per heavy atom. The van der Waals surface area contributed by atoms with Crippen LogP contribution in [0.2, 0.25) is 0 Å². The van der Waals surface area contributed by atoms with Crippen molar-refractivity contribution < 1.29 is 14.7 Å². The molecule has 0 aliphatic carbocycles. The molecule has 2 atom stereocenters. The van der Waals surface area contributed by atoms with Gasteiger partial charge in [0.25, 0.3) is 5.91 Å². The molecule has 0 bridgehead atoms. The molecule has 2 aromatic rings. The van der Waals surface area contributed by atoms with E-state index in [1.807, 2.05) is 0 Å². The number of carbonyl (C=O) groups is 2. The molecule has 4 N–H and O–H groups in total. The Hall–Kier alpha value is -2.41. The maximum absolute atomic E-state index is 12.4. The first kappa shape index (κ1) is 13.6. The van der Waals surface area contributed by atoms with Gasteiger partial charge in [0.1, 0.15) is 11.7 Å². The number of nitrogens with two attached hydrogens (primary N) is 1. The molecule has 1 saturated heterocycles. The number of H-pyrrole nitrogens is 1. The molecule has 110 valence electrons. The fourth-order valence-electron chi connectivity index (χ4n) is 2.82. The van der Waals surface area contributed by atoms with Crippen LogP contribution in [0.1, 0.15) is 24.5 Å². The molecular formula is C14H16N4O3. The molecule has 0 spiro atoms. The molecule has 1 aliphatic heterocycles. The predicted octanol–water partition coefficient (Wildman–Crippen LogP) is 0.0726. The maximum atomic E-state index is 12.4. The molecule has 1 aliphatic rings. The number of pyridine rings is 1. The number of hydrogen-bond donors (Lipinski definition) is 3. The normalized spacial score (nSPS) is 19.9. The summed E-state index contributed by atoms with van der Waals surface area (Å²) in [6.07, 6.45) is 3.11. The van der Waals surface area contributed by atoms with Gasteiger partial charge in [-0.1, -0.05) is 0 Å². The van der Waals surface area contributed by atoms with Crippen molar-refractivity contribution in [3.63, 3.8) is 0 Å². The Kier molecular flexibility index (Phi) is 3.34. The molecular weight excluding hydrogens is 272 g/mol. The van der Waals surface area contributed by atoms with Gasteiger partial charge in [0.2, 0.25) is 5.91 Å². The number of rotatable bonds is 3. The summed E-state index contributed by atoms with van der Waals surface area (Å²) in [5.41, 5.74) is 6.37. The minimum atomic E-state index is -1.33. The zero-order valence-corrected chi connectivity index (χ0v) is 11.3. The first-order valence-corrected chi connectivity index (χ1v) is 6.79. The van der Waals surface area contributed by atoms with E-state index in [1.165, 1.54) is 4.90 Å². The van der Waals surface area contributed by atoms with Gasteiger partial charge in [-0.25, -0.2) is 4.98 Å². The third-order valence-electron chi connectivity index (χ3n) is 3.88. The van der Waals surface area contributed by atoms with Gasteiger partial charge >= 0.3 is 0 Å². The standard InChI is InChI=1S/C14H16N4O3/c15-12(20)10-4-2-6-18(10)14(21)11(19)9-7-17-13-8(9)3-1-5-16-13/h1,3,5,7,10-11,19H,2,4,6H2,(H2,15,20)(H,16,17). The van der Waals surface area contributed by atoms with Gasteiger partial charge in [0.05, 0.1) is 0 Å². The van der Waals surface area contributed by atoms with Crippen molar-refractivity contribution in [2.45, 2.75) is 25.0 Å². The van der Waals surface area contributed by atoms with Gasteiger partial charge < -0.3 is 20.7 Å². The number of nitrogens with one attached hydrogen (secondary N) is 1. The van der Waals surface area contributed by atoms with Crippen LogP contribution in [-0.4, -0.2) is 44.4 Å². The van der Waals surface area contributed by atoms with Crippen LogP contribution in [0.4, 0.5) is 0 Å². The van der Waals surface area contributed by atoms with E-state index in [9.17, 15) is 14.7 Å². The number of carbonyl (C=O) groups excluding carboxylic acids is 2. The number of aliphatic hydroxyl groups excluding tert-OH is 1. The Morgan fingerprint density at radius 2 is 2.33 bits per heavy atom. The third kappa shape index (κ3) is 2.25. The van der Waals surface area contributed by atoms with E-state index >= 15 is 0 Å². The average molecular weight is 288 g/mol. The minimum absolute atomic E-state index is 0.435. The highest BCUT2D eigenvalue weighted by Gasteiger charge is 2.36. The summed E-state index contributed by atoms with van der Waals surface area (Å²) < 4.78 is 0. The Balaban J connectivity index is 1.89. The summed E-state index contributed by atoms with van der Waals surface area (Å²) in [5.74, 6) is -1.03. The second-order valence-corrected chi connectivity index (χ2v) is 5.14. The van der Waals surface area contributed by atoms with Gasteiger partial charge in [-0.3, -0.25) is 9.59 Å². The number of nitrogens with zero attached hydrogens (tertiary/aromatic N) is 2. The van der Waals surface area contributed by atoms with Crippen LogP contribution in [0, 0.1) is 0 Å². The Morgan fingerprint density at radius 1 is 1.52 bits per heavy atom. The third-order valence-corrected chi connectivity index (χ3v) is 3.88. The summed E-state index contributed by atoms with van der Waals surface area (Å²) in [6.45, 7) is 0.435. The molecule has 0 saturated carbocycles. The maximum Gasteiger partial charge on any atom is 0.256 e. The van der Waals surface area contributed by atoms with Crippen LogP contribution < -0.4 is 5.73 Å². The fourth-order valence-corrected chi connectivity index (χ4v) is 2.82. The highest BCUT2D eigenvalue weighted by Crippen LogP contribution is 2.27. The lowest BCUT2D eigenvalue weighted by Crippen LogP contribution is -2.45. The zero-order valence-electron chi connectivity index (χ0n) is 11.3. The molecule has 3 rings (SSSR count). The topological polar surface area (TPSA) is 112 Å². The number of aromatic amines is 1. The minimum Gasteiger partial charge on any atom is -0.378 e. The summed E-state index contributed by atoms with van der Waals surface area (Å²) in [5, 5.41) is 11.0. The summed E-state index contributed by atoms with van der Waals surface area (Å²) in [4.78, 5) is 32.2. The number of aromatic nitrogens is 2. The number of aliphatic hydroxyl groups is 1. The van der Waals surface area contributed by atoms with Crippen molar-refractivity contribution >= 4 is 22.8 Å². The lowest BCUT2D eigenvalue weighted by Gasteiger charge is -2.24. The largest absolute Gasteiger partial charge is 0.378 e. The fraction of sp³-hybridized carbons (Fsp3) is 0.357. The number of likely N-dealkylation sites (tertiary alicyclic amines) is 1. The molecule has 0 aromatic carbocycles. The number of fused-ring (bicyclic) bond motifs is 1. The Labute approximate surface area is 120 Å². The van der Waals surface area contributed by atoms with Crippen molar-refractivity contribution in [3.8, 4) is 0 Å². The molecule has 0 radical (unpaired) electrons. The SMILES string of the molecule is NC(=O)C1CCCN1C(=O)C(O)c1c[nH]c2ncccc12. The van der Waals surface area contributed by atoms with Crippen molar-refractivity contribution in [1.29, 1.82) is 0 Å². The lowest BCUT2D eigenvalue weighted by atomic mass is 10.1. The van der Waals surface area contributed by atoms with Crippen LogP contribution >= 0.6 is 0 Å². The molecule has 2 amide bonds. The predicted molar refractivity (Wildman–Crippen MR) is 75.0 cm³/mol. The van der Waals surface area contributed by atoms with Gasteiger partial charge in [-0.2, -0.15) is 0 Å². The summed E-state index contributed by atoms with van der Waals surface area (Å²) >= 11 is 0. The van der Waals surface area contributed by atoms with E-state index < -0.39 is 24.0 Å². The van der Waals surface area contributed by atoms with Crippen LogP contribution in [0.3, 0.4) is 0 Å². The summed E-state index contributed by atoms with van der Waals surface area (Å²) in [6, 6.07) is 2.88. The van der Waals surface area contributed by atoms with Crippen molar-refractivity contribution in [3.05, 3.63) is 30.1 Å². The lowest BCUT2D eigenvalue weighted by molar-refractivity contribution is -0.144. The second kappa shape index (κ2) is 5.17. The molecule has 3 heterocycles. The Bertz CT molecular complexity index is 696. The quantitative estimate of drug-likeness (QED) is 0.742. The van der Waals surface area contributed by atoms with Crippen molar-refractivity contribution in [1.82, 2.24) is 14.9 Å².